The Morgan fingerprint density at radius 2 is 1.87 bits per heavy atom. The van der Waals surface area contributed by atoms with Crippen LogP contribution in [0.1, 0.15) is 36.0 Å². The zero-order valence-electron chi connectivity index (χ0n) is 22.1. The first-order valence-corrected chi connectivity index (χ1v) is 14.8. The quantitative estimate of drug-likeness (QED) is 0.344. The fourth-order valence-corrected chi connectivity index (χ4v) is 6.66. The first kappa shape index (κ1) is 25.5. The number of hydrogen-bond donors (Lipinski definition) is 2. The molecule has 2 aromatic carbocycles. The third-order valence-corrected chi connectivity index (χ3v) is 9.17. The molecule has 2 aromatic heterocycles. The molecule has 39 heavy (non-hydrogen) atoms. The Bertz CT molecular complexity index is 1590. The summed E-state index contributed by atoms with van der Waals surface area (Å²) in [5, 5.41) is 10.0. The summed E-state index contributed by atoms with van der Waals surface area (Å²) in [5.41, 5.74) is 6.52. The summed E-state index contributed by atoms with van der Waals surface area (Å²) < 4.78 is 32.4. The van der Waals surface area contributed by atoms with Gasteiger partial charge in [0.1, 0.15) is 6.10 Å². The van der Waals surface area contributed by atoms with Crippen LogP contribution < -0.4 is 10.1 Å². The third kappa shape index (κ3) is 5.14. The van der Waals surface area contributed by atoms with Gasteiger partial charge in [0.2, 0.25) is 26.8 Å². The molecule has 3 heterocycles. The highest BCUT2D eigenvalue weighted by Gasteiger charge is 2.26. The molecule has 0 amide bonds. The number of anilines is 2. The van der Waals surface area contributed by atoms with Crippen LogP contribution in [0.4, 0.5) is 11.6 Å². The monoisotopic (exact) mass is 544 g/mol. The Hall–Kier alpha value is -3.76. The van der Waals surface area contributed by atoms with Gasteiger partial charge in [-0.3, -0.25) is 0 Å². The normalized spacial score (nSPS) is 16.3. The highest BCUT2D eigenvalue weighted by atomic mass is 32.2. The number of fused-ring (bicyclic) bond motifs is 1. The Morgan fingerprint density at radius 1 is 1.08 bits per heavy atom. The van der Waals surface area contributed by atoms with Crippen LogP contribution in [-0.4, -0.2) is 59.7 Å². The summed E-state index contributed by atoms with van der Waals surface area (Å²) in [4.78, 5) is 11.3. The Labute approximate surface area is 228 Å². The zero-order valence-corrected chi connectivity index (χ0v) is 23.0. The van der Waals surface area contributed by atoms with Gasteiger partial charge in [0.05, 0.1) is 10.6 Å². The van der Waals surface area contributed by atoms with Crippen molar-refractivity contribution in [2.24, 2.45) is 0 Å². The summed E-state index contributed by atoms with van der Waals surface area (Å²) in [6.45, 7) is 4.13. The van der Waals surface area contributed by atoms with E-state index in [-0.39, 0.29) is 22.1 Å². The number of ether oxygens (including phenoxy) is 1. The van der Waals surface area contributed by atoms with Crippen molar-refractivity contribution >= 4 is 21.5 Å². The van der Waals surface area contributed by atoms with E-state index < -0.39 is 9.84 Å². The number of nitrogens with zero attached hydrogens (tertiary/aromatic N) is 4. The molecule has 0 unspecified atom stereocenters. The van der Waals surface area contributed by atoms with Crippen molar-refractivity contribution in [2.75, 3.05) is 25.5 Å². The number of H-pyrrole nitrogens is 1. The molecular weight excluding hydrogens is 512 g/mol. The lowest BCUT2D eigenvalue weighted by atomic mass is 9.93. The summed E-state index contributed by atoms with van der Waals surface area (Å²) >= 11 is 0. The molecule has 202 valence electrons. The van der Waals surface area contributed by atoms with Crippen LogP contribution in [0, 0.1) is 6.92 Å². The van der Waals surface area contributed by atoms with Crippen LogP contribution in [-0.2, 0) is 22.7 Å². The maximum atomic E-state index is 13.1. The predicted octanol–water partition coefficient (Wildman–Crippen LogP) is 4.71. The number of benzene rings is 2. The van der Waals surface area contributed by atoms with Gasteiger partial charge in [0.15, 0.2) is 0 Å². The van der Waals surface area contributed by atoms with Crippen molar-refractivity contribution in [1.82, 2.24) is 25.1 Å². The number of aromatic nitrogens is 4. The van der Waals surface area contributed by atoms with Gasteiger partial charge in [0, 0.05) is 30.9 Å². The molecule has 0 spiro atoms. The van der Waals surface area contributed by atoms with Crippen LogP contribution >= 0.6 is 0 Å². The summed E-state index contributed by atoms with van der Waals surface area (Å²) in [5.74, 6) is 0.823. The number of sulfone groups is 1. The van der Waals surface area contributed by atoms with Gasteiger partial charge in [-0.05, 0) is 86.5 Å². The van der Waals surface area contributed by atoms with Crippen LogP contribution in [0.25, 0.3) is 11.1 Å². The lowest BCUT2D eigenvalue weighted by molar-refractivity contribution is 0.110. The number of aryl methyl sites for hydroxylation is 2. The van der Waals surface area contributed by atoms with Crippen molar-refractivity contribution in [2.45, 2.75) is 55.2 Å². The predicted molar refractivity (Wildman–Crippen MR) is 149 cm³/mol. The minimum Gasteiger partial charge on any atom is -0.474 e. The molecular formula is C29H32N6O3S. The minimum atomic E-state index is -3.81. The largest absolute Gasteiger partial charge is 0.474 e. The molecule has 0 bridgehead atoms. The highest BCUT2D eigenvalue weighted by molar-refractivity contribution is 7.91. The van der Waals surface area contributed by atoms with E-state index in [2.05, 4.69) is 50.4 Å². The van der Waals surface area contributed by atoms with Crippen LogP contribution in [0.5, 0.6) is 5.88 Å². The van der Waals surface area contributed by atoms with Crippen LogP contribution in [0.3, 0.4) is 0 Å². The summed E-state index contributed by atoms with van der Waals surface area (Å²) in [6.07, 6.45) is 6.89. The molecule has 0 radical (unpaired) electrons. The second-order valence-electron chi connectivity index (χ2n) is 10.3. The van der Waals surface area contributed by atoms with Crippen molar-refractivity contribution in [1.29, 1.82) is 0 Å². The standard InChI is InChI=1S/C29H32N6O3S/c1-19-17-20-7-6-10-24(20)27(31-28-32-29(34-33-28)39(36,37)23-8-4-3-5-9-23)26(19)21-11-14-30-25(18-21)38-22-12-15-35(2)16-13-22/h3-5,8-9,11,14,17-18,22H,6-7,10,12-13,15-16H2,1-2H3,(H2,31,32,33,34). The van der Waals surface area contributed by atoms with E-state index >= 15 is 0 Å². The van der Waals surface area contributed by atoms with Crippen molar-refractivity contribution < 1.29 is 13.2 Å². The molecule has 0 atom stereocenters. The van der Waals surface area contributed by atoms with E-state index in [0.29, 0.717) is 5.88 Å². The summed E-state index contributed by atoms with van der Waals surface area (Å²) in [7, 11) is -1.68. The molecule has 1 fully saturated rings. The van der Waals surface area contributed by atoms with Crippen molar-refractivity contribution in [3.63, 3.8) is 0 Å². The molecule has 2 N–H and O–H groups in total. The number of pyridine rings is 1. The van der Waals surface area contributed by atoms with Gasteiger partial charge in [0.25, 0.3) is 0 Å². The van der Waals surface area contributed by atoms with Gasteiger partial charge >= 0.3 is 0 Å². The Morgan fingerprint density at radius 3 is 2.67 bits per heavy atom. The van der Waals surface area contributed by atoms with Crippen molar-refractivity contribution in [3.05, 3.63) is 71.4 Å². The fourth-order valence-electron chi connectivity index (χ4n) is 5.55. The lowest BCUT2D eigenvalue weighted by Gasteiger charge is -2.29. The average Bonchev–Trinajstić information content (AvgIpc) is 3.61. The molecule has 9 nitrogen and oxygen atoms in total. The maximum Gasteiger partial charge on any atom is 0.249 e. The second kappa shape index (κ2) is 10.4. The number of likely N-dealkylation sites (tertiary alicyclic amines) is 1. The molecule has 2 aliphatic rings. The van der Waals surface area contributed by atoms with Gasteiger partial charge in [-0.15, -0.1) is 5.10 Å². The van der Waals surface area contributed by atoms with E-state index in [9.17, 15) is 8.42 Å². The molecule has 1 aliphatic carbocycles. The molecule has 4 aromatic rings. The van der Waals surface area contributed by atoms with Gasteiger partial charge in [-0.25, -0.2) is 18.5 Å². The van der Waals surface area contributed by atoms with Crippen LogP contribution in [0.15, 0.2) is 64.8 Å². The minimum absolute atomic E-state index is 0.154. The number of aromatic amines is 1. The van der Waals surface area contributed by atoms with E-state index in [4.69, 9.17) is 4.74 Å². The lowest BCUT2D eigenvalue weighted by Crippen LogP contribution is -2.35. The Kier molecular flexibility index (Phi) is 6.82. The van der Waals surface area contributed by atoms with Gasteiger partial charge in [-0.1, -0.05) is 24.3 Å². The topological polar surface area (TPSA) is 113 Å². The van der Waals surface area contributed by atoms with E-state index in [1.807, 2.05) is 12.1 Å². The number of rotatable bonds is 7. The zero-order chi connectivity index (χ0) is 27.0. The second-order valence-corrected chi connectivity index (χ2v) is 12.2. The third-order valence-electron chi connectivity index (χ3n) is 7.58. The maximum absolute atomic E-state index is 13.1. The van der Waals surface area contributed by atoms with E-state index in [0.717, 1.165) is 67.6 Å². The summed E-state index contributed by atoms with van der Waals surface area (Å²) in [6, 6.07) is 14.5. The number of nitrogens with one attached hydrogen (secondary N) is 2. The number of piperidine rings is 1. The van der Waals surface area contributed by atoms with Crippen molar-refractivity contribution in [3.8, 4) is 17.0 Å². The van der Waals surface area contributed by atoms with Gasteiger partial charge < -0.3 is 15.0 Å². The average molecular weight is 545 g/mol. The molecule has 1 aliphatic heterocycles. The highest BCUT2D eigenvalue weighted by Crippen LogP contribution is 2.42. The molecule has 10 heteroatoms. The fraction of sp³-hybridized carbons (Fsp3) is 0.345. The molecule has 0 saturated carbocycles. The van der Waals surface area contributed by atoms with Crippen LogP contribution in [0.2, 0.25) is 0 Å². The Balaban J connectivity index is 1.34. The SMILES string of the molecule is Cc1cc2c(c(Nc3n[nH]c(S(=O)(=O)c4ccccc4)n3)c1-c1ccnc(OC3CCN(C)CC3)c1)CCC2. The molecule has 1 saturated heterocycles. The van der Waals surface area contributed by atoms with Gasteiger partial charge in [-0.2, -0.15) is 4.98 Å². The smallest absolute Gasteiger partial charge is 0.249 e. The molecule has 6 rings (SSSR count). The van der Waals surface area contributed by atoms with E-state index in [1.165, 1.54) is 11.1 Å². The van der Waals surface area contributed by atoms with E-state index in [1.54, 1.807) is 36.5 Å². The first-order chi connectivity index (χ1) is 18.9. The first-order valence-electron chi connectivity index (χ1n) is 13.3. The number of hydrogen-bond acceptors (Lipinski definition) is 8.